The first-order valence-electron chi connectivity index (χ1n) is 5.98. The fourth-order valence-corrected chi connectivity index (χ4v) is 1.84. The maximum absolute atomic E-state index is 13.4. The van der Waals surface area contributed by atoms with Crippen LogP contribution < -0.4 is 5.32 Å². The number of benzene rings is 2. The molecule has 2 aromatic rings. The van der Waals surface area contributed by atoms with Crippen LogP contribution in [0.15, 0.2) is 36.4 Å². The van der Waals surface area contributed by atoms with E-state index in [2.05, 4.69) is 5.32 Å². The second-order valence-corrected chi connectivity index (χ2v) is 4.62. The van der Waals surface area contributed by atoms with E-state index in [9.17, 15) is 17.6 Å². The van der Waals surface area contributed by atoms with Crippen LogP contribution in [0.2, 0.25) is 0 Å². The summed E-state index contributed by atoms with van der Waals surface area (Å²) in [6.45, 7) is 3.02. The molecule has 0 radical (unpaired) electrons. The van der Waals surface area contributed by atoms with E-state index >= 15 is 0 Å². The molecule has 0 saturated carbocycles. The Morgan fingerprint density at radius 2 is 1.40 bits per heavy atom. The molecule has 0 unspecified atom stereocenters. The van der Waals surface area contributed by atoms with Gasteiger partial charge in [0.25, 0.3) is 0 Å². The molecular weight excluding hydrogens is 270 g/mol. The lowest BCUT2D eigenvalue weighted by Crippen LogP contribution is -2.08. The zero-order valence-electron chi connectivity index (χ0n) is 11.0. The first-order valence-corrected chi connectivity index (χ1v) is 5.98. The second-order valence-electron chi connectivity index (χ2n) is 4.62. The van der Waals surface area contributed by atoms with Crippen molar-refractivity contribution < 1.29 is 17.6 Å². The Morgan fingerprint density at radius 1 is 0.850 bits per heavy atom. The fraction of sp³-hybridized carbons (Fsp3) is 0.200. The van der Waals surface area contributed by atoms with Gasteiger partial charge in [-0.05, 0) is 49.2 Å². The van der Waals surface area contributed by atoms with Crippen LogP contribution in [0.3, 0.4) is 0 Å². The highest BCUT2D eigenvalue weighted by molar-refractivity contribution is 5.61. The van der Waals surface area contributed by atoms with Crippen LogP contribution in [0.25, 0.3) is 0 Å². The van der Waals surface area contributed by atoms with Crippen molar-refractivity contribution in [3.63, 3.8) is 0 Å². The van der Waals surface area contributed by atoms with Crippen molar-refractivity contribution >= 4 is 11.4 Å². The van der Waals surface area contributed by atoms with Gasteiger partial charge in [0.05, 0.1) is 5.56 Å². The van der Waals surface area contributed by atoms with Gasteiger partial charge >= 0.3 is 6.18 Å². The Bertz CT molecular complexity index is 632. The highest BCUT2D eigenvalue weighted by atomic mass is 19.4. The van der Waals surface area contributed by atoms with Gasteiger partial charge in [-0.15, -0.1) is 0 Å². The lowest BCUT2D eigenvalue weighted by atomic mass is 10.1. The van der Waals surface area contributed by atoms with Crippen molar-refractivity contribution in [3.05, 3.63) is 58.9 Å². The smallest absolute Gasteiger partial charge is 0.355 e. The second kappa shape index (κ2) is 5.15. The Kier molecular flexibility index (Phi) is 3.70. The van der Waals surface area contributed by atoms with E-state index in [1.165, 1.54) is 25.1 Å². The average molecular weight is 283 g/mol. The van der Waals surface area contributed by atoms with Gasteiger partial charge in [-0.2, -0.15) is 13.2 Å². The summed E-state index contributed by atoms with van der Waals surface area (Å²) in [4.78, 5) is 0. The molecule has 0 saturated heterocycles. The first-order chi connectivity index (χ1) is 9.27. The van der Waals surface area contributed by atoms with Gasteiger partial charge in [-0.1, -0.05) is 12.1 Å². The van der Waals surface area contributed by atoms with Crippen LogP contribution in [0.5, 0.6) is 0 Å². The Labute approximate surface area is 114 Å². The number of hydrogen-bond acceptors (Lipinski definition) is 1. The number of rotatable bonds is 2. The van der Waals surface area contributed by atoms with E-state index in [1.54, 1.807) is 19.1 Å². The topological polar surface area (TPSA) is 12.0 Å². The molecule has 0 heterocycles. The number of alkyl halides is 3. The van der Waals surface area contributed by atoms with Crippen molar-refractivity contribution in [1.29, 1.82) is 0 Å². The van der Waals surface area contributed by atoms with Crippen molar-refractivity contribution in [2.45, 2.75) is 20.0 Å². The molecule has 0 spiro atoms. The number of aryl methyl sites for hydroxylation is 2. The molecule has 20 heavy (non-hydrogen) atoms. The maximum Gasteiger partial charge on any atom is 0.416 e. The SMILES string of the molecule is Cc1ccc(Nc2ccc(C)c(C(F)(F)F)c2)cc1F. The molecule has 2 aromatic carbocycles. The third-order valence-electron chi connectivity index (χ3n) is 3.00. The molecule has 106 valence electrons. The van der Waals surface area contributed by atoms with E-state index in [1.807, 2.05) is 0 Å². The minimum atomic E-state index is -4.40. The summed E-state index contributed by atoms with van der Waals surface area (Å²) in [5, 5.41) is 2.77. The van der Waals surface area contributed by atoms with Gasteiger partial charge in [0.1, 0.15) is 5.82 Å². The monoisotopic (exact) mass is 283 g/mol. The number of halogens is 4. The predicted octanol–water partition coefficient (Wildman–Crippen LogP) is 5.20. The van der Waals surface area contributed by atoms with Crippen molar-refractivity contribution in [1.82, 2.24) is 0 Å². The molecule has 0 aliphatic rings. The van der Waals surface area contributed by atoms with E-state index < -0.39 is 17.6 Å². The quantitative estimate of drug-likeness (QED) is 0.746. The lowest BCUT2D eigenvalue weighted by molar-refractivity contribution is -0.138. The van der Waals surface area contributed by atoms with Gasteiger partial charge < -0.3 is 5.32 Å². The number of hydrogen-bond donors (Lipinski definition) is 1. The van der Waals surface area contributed by atoms with E-state index in [0.717, 1.165) is 6.07 Å². The Morgan fingerprint density at radius 3 is 1.95 bits per heavy atom. The van der Waals surface area contributed by atoms with E-state index in [0.29, 0.717) is 11.3 Å². The van der Waals surface area contributed by atoms with E-state index in [-0.39, 0.29) is 11.3 Å². The van der Waals surface area contributed by atoms with E-state index in [4.69, 9.17) is 0 Å². The molecule has 0 fully saturated rings. The summed E-state index contributed by atoms with van der Waals surface area (Å²) < 4.78 is 51.8. The summed E-state index contributed by atoms with van der Waals surface area (Å²) in [5.41, 5.74) is 0.611. The zero-order chi connectivity index (χ0) is 14.9. The summed E-state index contributed by atoms with van der Waals surface area (Å²) in [6.07, 6.45) is -4.40. The minimum absolute atomic E-state index is 0.151. The third kappa shape index (κ3) is 3.10. The lowest BCUT2D eigenvalue weighted by Gasteiger charge is -2.13. The molecule has 0 atom stereocenters. The largest absolute Gasteiger partial charge is 0.416 e. The summed E-state index contributed by atoms with van der Waals surface area (Å²) in [5.74, 6) is -0.404. The number of nitrogens with one attached hydrogen (secondary N) is 1. The van der Waals surface area contributed by atoms with Gasteiger partial charge in [-0.3, -0.25) is 0 Å². The maximum atomic E-state index is 13.4. The minimum Gasteiger partial charge on any atom is -0.355 e. The summed E-state index contributed by atoms with van der Waals surface area (Å²) in [6, 6.07) is 8.37. The molecule has 1 N–H and O–H groups in total. The van der Waals surface area contributed by atoms with Crippen LogP contribution in [0.1, 0.15) is 16.7 Å². The predicted molar refractivity (Wildman–Crippen MR) is 70.6 cm³/mol. The number of anilines is 2. The fourth-order valence-electron chi connectivity index (χ4n) is 1.84. The highest BCUT2D eigenvalue weighted by Gasteiger charge is 2.32. The normalized spacial score (nSPS) is 11.5. The molecule has 1 nitrogen and oxygen atoms in total. The van der Waals surface area contributed by atoms with Crippen molar-refractivity contribution in [2.75, 3.05) is 5.32 Å². The summed E-state index contributed by atoms with van der Waals surface area (Å²) >= 11 is 0. The van der Waals surface area contributed by atoms with Crippen LogP contribution in [0.4, 0.5) is 28.9 Å². The Hall–Kier alpha value is -2.04. The van der Waals surface area contributed by atoms with Gasteiger partial charge in [0, 0.05) is 11.4 Å². The highest BCUT2D eigenvalue weighted by Crippen LogP contribution is 2.34. The van der Waals surface area contributed by atoms with Crippen LogP contribution >= 0.6 is 0 Å². The first kappa shape index (κ1) is 14.4. The van der Waals surface area contributed by atoms with Gasteiger partial charge in [-0.25, -0.2) is 4.39 Å². The van der Waals surface area contributed by atoms with Gasteiger partial charge in [0.15, 0.2) is 0 Å². The zero-order valence-corrected chi connectivity index (χ0v) is 11.0. The van der Waals surface area contributed by atoms with Crippen molar-refractivity contribution in [3.8, 4) is 0 Å². The molecule has 0 aliphatic carbocycles. The molecular formula is C15H13F4N. The molecule has 5 heteroatoms. The third-order valence-corrected chi connectivity index (χ3v) is 3.00. The van der Waals surface area contributed by atoms with Crippen LogP contribution in [-0.4, -0.2) is 0 Å². The molecule has 2 rings (SSSR count). The molecule has 0 amide bonds. The summed E-state index contributed by atoms with van der Waals surface area (Å²) in [7, 11) is 0. The Balaban J connectivity index is 2.32. The molecule has 0 aliphatic heterocycles. The standard InChI is InChI=1S/C15H13F4N/c1-9-3-5-11(7-13(9)15(17,18)19)20-12-6-4-10(2)14(16)8-12/h3-8,20H,1-2H3. The van der Waals surface area contributed by atoms with Crippen LogP contribution in [0, 0.1) is 19.7 Å². The molecule has 0 aromatic heterocycles. The average Bonchev–Trinajstić information content (AvgIpc) is 2.35. The van der Waals surface area contributed by atoms with Gasteiger partial charge in [0.2, 0.25) is 0 Å². The molecule has 0 bridgehead atoms. The van der Waals surface area contributed by atoms with Crippen LogP contribution in [-0.2, 0) is 6.18 Å². The van der Waals surface area contributed by atoms with Crippen molar-refractivity contribution in [2.24, 2.45) is 0 Å².